The molecule has 0 fully saturated rings. The molecular formula is C16H22N2. The van der Waals surface area contributed by atoms with Crippen molar-refractivity contribution < 1.29 is 0 Å². The first kappa shape index (κ1) is 13.1. The minimum atomic E-state index is 0.415. The Morgan fingerprint density at radius 2 is 1.78 bits per heavy atom. The van der Waals surface area contributed by atoms with E-state index in [2.05, 4.69) is 66.8 Å². The van der Waals surface area contributed by atoms with E-state index in [-0.39, 0.29) is 0 Å². The van der Waals surface area contributed by atoms with Crippen LogP contribution in [-0.2, 0) is 0 Å². The molecule has 2 rings (SSSR count). The Kier molecular flexibility index (Phi) is 4.34. The number of fused-ring (bicyclic) bond motifs is 1. The molecule has 18 heavy (non-hydrogen) atoms. The lowest BCUT2D eigenvalue weighted by Gasteiger charge is -2.20. The zero-order valence-corrected chi connectivity index (χ0v) is 11.5. The summed E-state index contributed by atoms with van der Waals surface area (Å²) in [7, 11) is 6.29. The molecule has 1 unspecified atom stereocenters. The second kappa shape index (κ2) is 5.98. The lowest BCUT2D eigenvalue weighted by molar-refractivity contribution is 0.369. The van der Waals surface area contributed by atoms with E-state index in [1.807, 2.05) is 7.05 Å². The Morgan fingerprint density at radius 1 is 1.06 bits per heavy atom. The van der Waals surface area contributed by atoms with E-state index in [9.17, 15) is 0 Å². The van der Waals surface area contributed by atoms with Gasteiger partial charge in [-0.05, 0) is 50.4 Å². The highest BCUT2D eigenvalue weighted by Crippen LogP contribution is 2.26. The summed E-state index contributed by atoms with van der Waals surface area (Å²) in [6.07, 6.45) is 1.12. The third-order valence-corrected chi connectivity index (χ3v) is 3.41. The summed E-state index contributed by atoms with van der Waals surface area (Å²) in [4.78, 5) is 2.23. The van der Waals surface area contributed by atoms with E-state index in [1.165, 1.54) is 16.3 Å². The first-order valence-electron chi connectivity index (χ1n) is 6.52. The average molecular weight is 242 g/mol. The van der Waals surface area contributed by atoms with Crippen LogP contribution < -0.4 is 5.32 Å². The molecule has 0 saturated heterocycles. The number of rotatable bonds is 5. The first-order valence-corrected chi connectivity index (χ1v) is 6.52. The highest BCUT2D eigenvalue weighted by Gasteiger charge is 2.12. The van der Waals surface area contributed by atoms with Crippen LogP contribution in [0.2, 0.25) is 0 Å². The van der Waals surface area contributed by atoms with Gasteiger partial charge in [-0.2, -0.15) is 0 Å². The van der Waals surface area contributed by atoms with Gasteiger partial charge in [0, 0.05) is 6.04 Å². The van der Waals surface area contributed by atoms with Gasteiger partial charge >= 0.3 is 0 Å². The van der Waals surface area contributed by atoms with Crippen LogP contribution in [0.3, 0.4) is 0 Å². The summed E-state index contributed by atoms with van der Waals surface area (Å²) in [5, 5.41) is 6.12. The largest absolute Gasteiger partial charge is 0.313 e. The number of benzene rings is 2. The third-order valence-electron chi connectivity index (χ3n) is 3.41. The average Bonchev–Trinajstić information content (AvgIpc) is 2.39. The molecule has 0 aliphatic heterocycles. The Morgan fingerprint density at radius 3 is 2.50 bits per heavy atom. The number of hydrogen-bond acceptors (Lipinski definition) is 2. The zero-order chi connectivity index (χ0) is 13.0. The molecule has 2 aromatic rings. The van der Waals surface area contributed by atoms with Gasteiger partial charge in [0.05, 0.1) is 0 Å². The minimum Gasteiger partial charge on any atom is -0.313 e. The Bertz CT molecular complexity index is 500. The smallest absolute Gasteiger partial charge is 0.0335 e. The van der Waals surface area contributed by atoms with Gasteiger partial charge in [-0.3, -0.25) is 0 Å². The second-order valence-electron chi connectivity index (χ2n) is 5.00. The molecule has 2 aromatic carbocycles. The molecule has 0 aliphatic carbocycles. The molecule has 96 valence electrons. The number of nitrogens with zero attached hydrogens (tertiary/aromatic N) is 1. The topological polar surface area (TPSA) is 15.3 Å². The standard InChI is InChI=1S/C16H22N2/c1-17-16(11-12-18(2)3)15-10-6-8-13-7-4-5-9-14(13)15/h4-10,16-17H,11-12H2,1-3H3. The van der Waals surface area contributed by atoms with Crippen LogP contribution in [0.1, 0.15) is 18.0 Å². The normalized spacial score (nSPS) is 13.1. The maximum absolute atomic E-state index is 3.44. The lowest BCUT2D eigenvalue weighted by atomic mass is 9.97. The van der Waals surface area contributed by atoms with Gasteiger partial charge in [0.1, 0.15) is 0 Å². The van der Waals surface area contributed by atoms with Crippen molar-refractivity contribution in [3.8, 4) is 0 Å². The predicted octanol–water partition coefficient (Wildman–Crippen LogP) is 3.05. The van der Waals surface area contributed by atoms with E-state index in [4.69, 9.17) is 0 Å². The number of nitrogens with one attached hydrogen (secondary N) is 1. The molecule has 0 aliphatic rings. The number of hydrogen-bond donors (Lipinski definition) is 1. The molecule has 0 heterocycles. The summed E-state index contributed by atoms with van der Waals surface area (Å²) in [6.45, 7) is 1.09. The zero-order valence-electron chi connectivity index (χ0n) is 11.5. The van der Waals surface area contributed by atoms with Crippen molar-refractivity contribution >= 4 is 10.8 Å². The maximum Gasteiger partial charge on any atom is 0.0335 e. The molecular weight excluding hydrogens is 220 g/mol. The van der Waals surface area contributed by atoms with Crippen LogP contribution in [0.5, 0.6) is 0 Å². The van der Waals surface area contributed by atoms with Crippen molar-refractivity contribution in [2.75, 3.05) is 27.7 Å². The van der Waals surface area contributed by atoms with Gasteiger partial charge in [-0.25, -0.2) is 0 Å². The maximum atomic E-state index is 3.44. The van der Waals surface area contributed by atoms with E-state index in [1.54, 1.807) is 0 Å². The fourth-order valence-electron chi connectivity index (χ4n) is 2.40. The SMILES string of the molecule is CNC(CCN(C)C)c1cccc2ccccc12. The van der Waals surface area contributed by atoms with Crippen molar-refractivity contribution in [2.45, 2.75) is 12.5 Å². The summed E-state index contributed by atoms with van der Waals surface area (Å²) in [5.74, 6) is 0. The van der Waals surface area contributed by atoms with Gasteiger partial charge < -0.3 is 10.2 Å². The van der Waals surface area contributed by atoms with E-state index in [0.717, 1.165) is 13.0 Å². The van der Waals surface area contributed by atoms with Crippen LogP contribution in [0.25, 0.3) is 10.8 Å². The lowest BCUT2D eigenvalue weighted by Crippen LogP contribution is -2.23. The molecule has 1 N–H and O–H groups in total. The van der Waals surface area contributed by atoms with Crippen LogP contribution >= 0.6 is 0 Å². The van der Waals surface area contributed by atoms with E-state index < -0.39 is 0 Å². The minimum absolute atomic E-state index is 0.415. The van der Waals surface area contributed by atoms with Crippen LogP contribution in [0.4, 0.5) is 0 Å². The van der Waals surface area contributed by atoms with Crippen LogP contribution in [-0.4, -0.2) is 32.6 Å². The van der Waals surface area contributed by atoms with E-state index in [0.29, 0.717) is 6.04 Å². The summed E-state index contributed by atoms with van der Waals surface area (Å²) in [6, 6.07) is 15.6. The van der Waals surface area contributed by atoms with Crippen molar-refractivity contribution in [1.29, 1.82) is 0 Å². The fraction of sp³-hybridized carbons (Fsp3) is 0.375. The summed E-state index contributed by atoms with van der Waals surface area (Å²) in [5.41, 5.74) is 1.40. The van der Waals surface area contributed by atoms with Gasteiger partial charge in [-0.15, -0.1) is 0 Å². The predicted molar refractivity (Wildman–Crippen MR) is 78.9 cm³/mol. The monoisotopic (exact) mass is 242 g/mol. The van der Waals surface area contributed by atoms with Crippen molar-refractivity contribution in [1.82, 2.24) is 10.2 Å². The highest BCUT2D eigenvalue weighted by molar-refractivity contribution is 5.86. The molecule has 2 nitrogen and oxygen atoms in total. The van der Waals surface area contributed by atoms with Crippen molar-refractivity contribution in [3.63, 3.8) is 0 Å². The van der Waals surface area contributed by atoms with E-state index >= 15 is 0 Å². The van der Waals surface area contributed by atoms with Gasteiger partial charge in [0.25, 0.3) is 0 Å². The summed E-state index contributed by atoms with van der Waals surface area (Å²) < 4.78 is 0. The molecule has 1 atom stereocenters. The highest BCUT2D eigenvalue weighted by atomic mass is 15.1. The first-order chi connectivity index (χ1) is 8.72. The fourth-order valence-corrected chi connectivity index (χ4v) is 2.40. The Labute approximate surface area is 110 Å². The Balaban J connectivity index is 2.32. The third kappa shape index (κ3) is 2.89. The second-order valence-corrected chi connectivity index (χ2v) is 5.00. The van der Waals surface area contributed by atoms with Crippen molar-refractivity contribution in [2.24, 2.45) is 0 Å². The molecule has 0 amide bonds. The van der Waals surface area contributed by atoms with Gasteiger partial charge in [0.2, 0.25) is 0 Å². The molecule has 0 bridgehead atoms. The van der Waals surface area contributed by atoms with Gasteiger partial charge in [0.15, 0.2) is 0 Å². The molecule has 0 saturated carbocycles. The van der Waals surface area contributed by atoms with Gasteiger partial charge in [-0.1, -0.05) is 42.5 Å². The molecule has 0 aromatic heterocycles. The molecule has 2 heteroatoms. The quantitative estimate of drug-likeness (QED) is 0.867. The van der Waals surface area contributed by atoms with Crippen LogP contribution in [0.15, 0.2) is 42.5 Å². The van der Waals surface area contributed by atoms with Crippen molar-refractivity contribution in [3.05, 3.63) is 48.0 Å². The summed E-state index contributed by atoms with van der Waals surface area (Å²) >= 11 is 0. The van der Waals surface area contributed by atoms with Crippen LogP contribution in [0, 0.1) is 0 Å². The molecule has 0 spiro atoms. The Hall–Kier alpha value is -1.38. The molecule has 0 radical (unpaired) electrons.